The van der Waals surface area contributed by atoms with Crippen LogP contribution in [0.3, 0.4) is 0 Å². The van der Waals surface area contributed by atoms with Crippen LogP contribution in [-0.2, 0) is 33.4 Å². The molecule has 0 aromatic rings. The summed E-state index contributed by atoms with van der Waals surface area (Å²) in [5, 5.41) is 12.6. The Labute approximate surface area is 342 Å². The molecule has 10 nitrogen and oxygen atoms in total. The van der Waals surface area contributed by atoms with E-state index in [0.717, 1.165) is 63.5 Å². The molecule has 0 aliphatic heterocycles. The number of carbonyl (C=O) groups excluding carboxylic acids is 4. The SMILES string of the molecule is CC(=O)NCCN(CC1CC1)C[C@H](OC(C)=O)[C@@]12CC[C@]3(C)[C@H](CC[C@H]4C3(C)CC[C@H]3C(C)(C)[C@@H](OC(=O)CC(C)(C)C(=O)O)CC[C@@]34C)C1=C(C(C)C)C(=O)C2. The van der Waals surface area contributed by atoms with Gasteiger partial charge < -0.3 is 19.9 Å². The number of amides is 1. The highest BCUT2D eigenvalue weighted by Crippen LogP contribution is 2.77. The number of ketones is 1. The van der Waals surface area contributed by atoms with Crippen LogP contribution in [0.1, 0.15) is 153 Å². The predicted octanol–water partition coefficient (Wildman–Crippen LogP) is 8.16. The first kappa shape index (κ1) is 43.8. The van der Waals surface area contributed by atoms with Gasteiger partial charge in [-0.15, -0.1) is 0 Å². The molecule has 10 heteroatoms. The third-order valence-corrected chi connectivity index (χ3v) is 17.2. The fourth-order valence-corrected chi connectivity index (χ4v) is 14.0. The summed E-state index contributed by atoms with van der Waals surface area (Å²) in [7, 11) is 0. The molecule has 0 aromatic heterocycles. The number of nitrogens with zero attached hydrogens (tertiary/aromatic N) is 1. The van der Waals surface area contributed by atoms with Gasteiger partial charge in [-0.05, 0) is 135 Å². The maximum atomic E-state index is 14.4. The quantitative estimate of drug-likeness (QED) is 0.167. The number of hydrogen-bond donors (Lipinski definition) is 2. The molecule has 0 heterocycles. The summed E-state index contributed by atoms with van der Waals surface area (Å²) in [6, 6.07) is 0. The minimum absolute atomic E-state index is 0.00640. The van der Waals surface area contributed by atoms with Crippen LogP contribution in [0.5, 0.6) is 0 Å². The number of ether oxygens (including phenoxy) is 2. The van der Waals surface area contributed by atoms with E-state index in [9.17, 15) is 29.1 Å². The Balaban J connectivity index is 1.31. The van der Waals surface area contributed by atoms with E-state index < -0.39 is 28.9 Å². The van der Waals surface area contributed by atoms with Crippen LogP contribution in [0, 0.1) is 62.1 Å². The second kappa shape index (κ2) is 15.4. The first-order valence-electron chi connectivity index (χ1n) is 22.3. The minimum atomic E-state index is -1.18. The number of carbonyl (C=O) groups is 5. The van der Waals surface area contributed by atoms with E-state index in [0.29, 0.717) is 43.8 Å². The lowest BCUT2D eigenvalue weighted by molar-refractivity contribution is -0.235. The number of Topliss-reactive ketones (excluding diaryl/α,β-unsaturated/α-hetero) is 1. The van der Waals surface area contributed by atoms with Gasteiger partial charge in [0, 0.05) is 57.3 Å². The third-order valence-electron chi connectivity index (χ3n) is 17.2. The molecule has 6 aliphatic rings. The number of esters is 2. The van der Waals surface area contributed by atoms with E-state index in [1.165, 1.54) is 32.3 Å². The van der Waals surface area contributed by atoms with E-state index >= 15 is 0 Å². The molecule has 57 heavy (non-hydrogen) atoms. The van der Waals surface area contributed by atoms with Crippen LogP contribution in [0.4, 0.5) is 0 Å². The van der Waals surface area contributed by atoms with Gasteiger partial charge >= 0.3 is 17.9 Å². The number of nitrogens with one attached hydrogen (secondary N) is 1. The first-order valence-corrected chi connectivity index (χ1v) is 22.3. The Bertz CT molecular complexity index is 1660. The number of rotatable bonds is 14. The van der Waals surface area contributed by atoms with Crippen molar-refractivity contribution in [3.63, 3.8) is 0 Å². The van der Waals surface area contributed by atoms with Gasteiger partial charge in [-0.1, -0.05) is 48.5 Å². The normalized spacial score (nSPS) is 36.5. The van der Waals surface area contributed by atoms with Crippen molar-refractivity contribution in [2.75, 3.05) is 26.2 Å². The summed E-state index contributed by atoms with van der Waals surface area (Å²) in [6.07, 6.45) is 9.50. The van der Waals surface area contributed by atoms with Gasteiger partial charge in [-0.2, -0.15) is 0 Å². The molecule has 0 saturated heterocycles. The van der Waals surface area contributed by atoms with E-state index in [4.69, 9.17) is 9.47 Å². The summed E-state index contributed by atoms with van der Waals surface area (Å²) in [4.78, 5) is 66.6. The summed E-state index contributed by atoms with van der Waals surface area (Å²) in [5.74, 6) is 0.0963. The second-order valence-corrected chi connectivity index (χ2v) is 21.8. The number of fused-ring (bicyclic) bond motifs is 7. The Morgan fingerprint density at radius 2 is 1.58 bits per heavy atom. The van der Waals surface area contributed by atoms with Gasteiger partial charge in [0.1, 0.15) is 12.2 Å². The van der Waals surface area contributed by atoms with E-state index in [1.54, 1.807) is 13.8 Å². The minimum Gasteiger partial charge on any atom is -0.481 e. The second-order valence-electron chi connectivity index (χ2n) is 21.8. The predicted molar refractivity (Wildman–Crippen MR) is 219 cm³/mol. The smallest absolute Gasteiger partial charge is 0.309 e. The van der Waals surface area contributed by atoms with Crippen molar-refractivity contribution in [2.45, 2.75) is 165 Å². The van der Waals surface area contributed by atoms with Gasteiger partial charge in [0.2, 0.25) is 5.91 Å². The molecule has 0 bridgehead atoms. The van der Waals surface area contributed by atoms with Crippen LogP contribution >= 0.6 is 0 Å². The van der Waals surface area contributed by atoms with Crippen LogP contribution in [0.25, 0.3) is 0 Å². The molecule has 2 N–H and O–H groups in total. The van der Waals surface area contributed by atoms with E-state index in [1.807, 2.05) is 0 Å². The topological polar surface area (TPSA) is 139 Å². The molecule has 5 saturated carbocycles. The number of carboxylic acid groups (broad SMARTS) is 1. The van der Waals surface area contributed by atoms with Crippen molar-refractivity contribution in [3.05, 3.63) is 11.1 Å². The molecule has 1 unspecified atom stereocenters. The zero-order valence-corrected chi connectivity index (χ0v) is 37.1. The summed E-state index contributed by atoms with van der Waals surface area (Å²) < 4.78 is 12.6. The molecule has 9 atom stereocenters. The van der Waals surface area contributed by atoms with Crippen LogP contribution in [-0.4, -0.2) is 78.0 Å². The van der Waals surface area contributed by atoms with Crippen molar-refractivity contribution in [1.82, 2.24) is 10.2 Å². The summed E-state index contributed by atoms with van der Waals surface area (Å²) >= 11 is 0. The number of aliphatic carboxylic acids is 1. The van der Waals surface area contributed by atoms with Gasteiger partial charge in [0.05, 0.1) is 11.8 Å². The third kappa shape index (κ3) is 7.65. The number of carboxylic acids is 1. The van der Waals surface area contributed by atoms with Gasteiger partial charge in [-0.3, -0.25) is 28.9 Å². The Kier molecular flexibility index (Phi) is 11.8. The first-order chi connectivity index (χ1) is 26.4. The number of hydrogen-bond acceptors (Lipinski definition) is 8. The molecule has 5 fully saturated rings. The molecular weight excluding hydrogens is 721 g/mol. The highest BCUT2D eigenvalue weighted by Gasteiger charge is 2.71. The van der Waals surface area contributed by atoms with Gasteiger partial charge in [0.15, 0.2) is 5.78 Å². The summed E-state index contributed by atoms with van der Waals surface area (Å²) in [5.41, 5.74) is 0.238. The monoisotopic (exact) mass is 795 g/mol. The van der Waals surface area contributed by atoms with Crippen molar-refractivity contribution in [1.29, 1.82) is 0 Å². The zero-order valence-electron chi connectivity index (χ0n) is 37.1. The largest absolute Gasteiger partial charge is 0.481 e. The summed E-state index contributed by atoms with van der Waals surface area (Å²) in [6.45, 7) is 25.3. The van der Waals surface area contributed by atoms with Crippen molar-refractivity contribution in [2.24, 2.45) is 62.1 Å². The average molecular weight is 795 g/mol. The lowest BCUT2D eigenvalue weighted by Gasteiger charge is -2.72. The Hall–Kier alpha value is -2.75. The molecule has 0 aromatic carbocycles. The van der Waals surface area contributed by atoms with Crippen molar-refractivity contribution >= 4 is 29.6 Å². The van der Waals surface area contributed by atoms with Gasteiger partial charge in [0.25, 0.3) is 0 Å². The molecule has 0 spiro atoms. The lowest BCUT2D eigenvalue weighted by Crippen LogP contribution is -2.66. The zero-order chi connectivity index (χ0) is 42.1. The van der Waals surface area contributed by atoms with Crippen LogP contribution < -0.4 is 5.32 Å². The highest BCUT2D eigenvalue weighted by molar-refractivity contribution is 6.01. The standard InChI is InChI=1S/C47H74N2O8/c1-28(2)39-33(52)24-47(37(56-30(4)51)27-49(26-31-12-13-31)23-22-48-29(3)50)21-20-45(10)32(40(39)47)14-15-35-44(9)18-17-36(57-38(53)25-42(5,6)41(54)55)43(7,8)34(44)16-19-46(35,45)11/h28,31-32,34-37H,12-27H2,1-11H3,(H,48,50)(H,54,55)/t32-,34+,35-,36+,37+,44+,45-,46?,47+/m1/s1. The fourth-order valence-electron chi connectivity index (χ4n) is 14.0. The van der Waals surface area contributed by atoms with Crippen LogP contribution in [0.2, 0.25) is 0 Å². The maximum absolute atomic E-state index is 14.4. The fraction of sp³-hybridized carbons (Fsp3) is 0.851. The van der Waals surface area contributed by atoms with Crippen molar-refractivity contribution in [3.8, 4) is 0 Å². The average Bonchev–Trinajstić information content (AvgIpc) is 3.84. The van der Waals surface area contributed by atoms with Gasteiger partial charge in [-0.25, -0.2) is 0 Å². The Morgan fingerprint density at radius 3 is 2.18 bits per heavy atom. The Morgan fingerprint density at radius 1 is 0.895 bits per heavy atom. The maximum Gasteiger partial charge on any atom is 0.309 e. The molecule has 1 amide bonds. The molecule has 320 valence electrons. The van der Waals surface area contributed by atoms with Crippen LogP contribution in [0.15, 0.2) is 11.1 Å². The van der Waals surface area contributed by atoms with Crippen molar-refractivity contribution < 1.29 is 38.6 Å². The highest BCUT2D eigenvalue weighted by atomic mass is 16.5. The lowest BCUT2D eigenvalue weighted by atomic mass is 9.33. The molecule has 6 rings (SSSR count). The van der Waals surface area contributed by atoms with E-state index in [-0.39, 0.29) is 63.7 Å². The molecule has 0 radical (unpaired) electrons. The van der Waals surface area contributed by atoms with E-state index in [2.05, 4.69) is 58.7 Å². The molecule has 6 aliphatic carbocycles. The molecular formula is C47H74N2O8. The number of allylic oxidation sites excluding steroid dienone is 1.